The van der Waals surface area contributed by atoms with E-state index in [1.165, 1.54) is 6.08 Å². The predicted molar refractivity (Wildman–Crippen MR) is 130 cm³/mol. The van der Waals surface area contributed by atoms with Crippen molar-refractivity contribution in [3.05, 3.63) is 71.8 Å². The van der Waals surface area contributed by atoms with Gasteiger partial charge in [0.1, 0.15) is 11.5 Å². The molecular formula is C26H31N3O4. The molecule has 0 unspecified atom stereocenters. The van der Waals surface area contributed by atoms with Crippen LogP contribution in [0.3, 0.4) is 0 Å². The van der Waals surface area contributed by atoms with E-state index in [1.807, 2.05) is 59.5 Å². The fraction of sp³-hybridized carbons (Fsp3) is 0.308. The summed E-state index contributed by atoms with van der Waals surface area (Å²) in [6.07, 6.45) is 6.75. The van der Waals surface area contributed by atoms with Gasteiger partial charge in [-0.25, -0.2) is 0 Å². The lowest BCUT2D eigenvalue weighted by molar-refractivity contribution is -0.127. The number of nitrogens with zero attached hydrogens (tertiary/aromatic N) is 2. The molecule has 1 N–H and O–H groups in total. The van der Waals surface area contributed by atoms with Crippen molar-refractivity contribution in [3.63, 3.8) is 0 Å². The molecule has 1 heterocycles. The Kier molecular flexibility index (Phi) is 9.08. The van der Waals surface area contributed by atoms with Gasteiger partial charge in [-0.1, -0.05) is 24.3 Å². The lowest BCUT2D eigenvalue weighted by Gasteiger charge is -2.34. The summed E-state index contributed by atoms with van der Waals surface area (Å²) in [6.45, 7) is 4.26. The van der Waals surface area contributed by atoms with Crippen LogP contribution in [0.25, 0.3) is 12.2 Å². The molecule has 0 aliphatic carbocycles. The monoisotopic (exact) mass is 449 g/mol. The van der Waals surface area contributed by atoms with E-state index in [0.29, 0.717) is 19.6 Å². The van der Waals surface area contributed by atoms with Gasteiger partial charge in [0.25, 0.3) is 0 Å². The minimum absolute atomic E-state index is 0.0161. The van der Waals surface area contributed by atoms with Crippen molar-refractivity contribution in [2.45, 2.75) is 0 Å². The Hall–Kier alpha value is -3.58. The lowest BCUT2D eigenvalue weighted by Crippen LogP contribution is -2.49. The highest BCUT2D eigenvalue weighted by molar-refractivity contribution is 5.92. The summed E-state index contributed by atoms with van der Waals surface area (Å²) < 4.78 is 10.3. The van der Waals surface area contributed by atoms with Crippen LogP contribution >= 0.6 is 0 Å². The number of methoxy groups -OCH3 is 2. The van der Waals surface area contributed by atoms with Gasteiger partial charge in [0.05, 0.1) is 14.2 Å². The average molecular weight is 450 g/mol. The van der Waals surface area contributed by atoms with Crippen LogP contribution in [0.1, 0.15) is 11.1 Å². The van der Waals surface area contributed by atoms with Crippen LogP contribution in [-0.4, -0.2) is 75.1 Å². The molecule has 1 fully saturated rings. The van der Waals surface area contributed by atoms with E-state index < -0.39 is 0 Å². The maximum Gasteiger partial charge on any atom is 0.246 e. The maximum absolute atomic E-state index is 12.5. The number of amides is 2. The summed E-state index contributed by atoms with van der Waals surface area (Å²) in [4.78, 5) is 28.6. The van der Waals surface area contributed by atoms with Crippen molar-refractivity contribution in [1.29, 1.82) is 0 Å². The Morgan fingerprint density at radius 1 is 0.818 bits per heavy atom. The first-order valence-electron chi connectivity index (χ1n) is 11.0. The number of nitrogens with one attached hydrogen (secondary N) is 1. The number of carbonyl (C=O) groups is 2. The average Bonchev–Trinajstić information content (AvgIpc) is 2.87. The molecule has 2 aromatic rings. The van der Waals surface area contributed by atoms with Gasteiger partial charge < -0.3 is 19.7 Å². The van der Waals surface area contributed by atoms with Gasteiger partial charge in [0.15, 0.2) is 0 Å². The number of carbonyl (C=O) groups excluding carboxylic acids is 2. The van der Waals surface area contributed by atoms with E-state index in [4.69, 9.17) is 9.47 Å². The zero-order valence-corrected chi connectivity index (χ0v) is 19.2. The number of rotatable bonds is 9. The minimum atomic E-state index is -0.122. The summed E-state index contributed by atoms with van der Waals surface area (Å²) in [5.41, 5.74) is 1.90. The van der Waals surface area contributed by atoms with Gasteiger partial charge >= 0.3 is 0 Å². The second-order valence-corrected chi connectivity index (χ2v) is 7.67. The Morgan fingerprint density at radius 2 is 1.33 bits per heavy atom. The quantitative estimate of drug-likeness (QED) is 0.596. The molecule has 0 aromatic heterocycles. The minimum Gasteiger partial charge on any atom is -0.497 e. The van der Waals surface area contributed by atoms with Crippen LogP contribution in [0.15, 0.2) is 60.7 Å². The Balaban J connectivity index is 1.34. The highest BCUT2D eigenvalue weighted by atomic mass is 16.5. The number of hydrogen-bond donors (Lipinski definition) is 1. The summed E-state index contributed by atoms with van der Waals surface area (Å²) in [6, 6.07) is 15.1. The summed E-state index contributed by atoms with van der Waals surface area (Å²) in [7, 11) is 3.25. The second-order valence-electron chi connectivity index (χ2n) is 7.67. The number of ether oxygens (including phenoxy) is 2. The molecule has 0 saturated carbocycles. The third-order valence-corrected chi connectivity index (χ3v) is 5.49. The summed E-state index contributed by atoms with van der Waals surface area (Å²) >= 11 is 0. The van der Waals surface area contributed by atoms with E-state index in [1.54, 1.807) is 26.4 Å². The van der Waals surface area contributed by atoms with Gasteiger partial charge in [0, 0.05) is 51.4 Å². The Bertz CT molecular complexity index is 957. The van der Waals surface area contributed by atoms with E-state index in [0.717, 1.165) is 42.3 Å². The van der Waals surface area contributed by atoms with Gasteiger partial charge in [-0.2, -0.15) is 0 Å². The molecule has 1 saturated heterocycles. The third-order valence-electron chi connectivity index (χ3n) is 5.49. The Morgan fingerprint density at radius 3 is 1.85 bits per heavy atom. The SMILES string of the molecule is COc1ccc(C=CC(=O)NCCN2CCN(C(=O)C=Cc3ccc(OC)cc3)CC2)cc1. The van der Waals surface area contributed by atoms with Crippen molar-refractivity contribution < 1.29 is 19.1 Å². The highest BCUT2D eigenvalue weighted by Crippen LogP contribution is 2.13. The van der Waals surface area contributed by atoms with Crippen LogP contribution in [0, 0.1) is 0 Å². The molecule has 0 spiro atoms. The van der Waals surface area contributed by atoms with E-state index >= 15 is 0 Å². The second kappa shape index (κ2) is 12.5. The van der Waals surface area contributed by atoms with Crippen molar-refractivity contribution in [2.75, 3.05) is 53.5 Å². The molecule has 33 heavy (non-hydrogen) atoms. The summed E-state index contributed by atoms with van der Waals surface area (Å²) in [5.74, 6) is 1.47. The third kappa shape index (κ3) is 7.80. The fourth-order valence-electron chi connectivity index (χ4n) is 3.46. The molecule has 0 bridgehead atoms. The Labute approximate surface area is 195 Å². The molecule has 3 rings (SSSR count). The van der Waals surface area contributed by atoms with Crippen LogP contribution < -0.4 is 14.8 Å². The lowest BCUT2D eigenvalue weighted by atomic mass is 10.2. The van der Waals surface area contributed by atoms with Gasteiger partial charge in [-0.15, -0.1) is 0 Å². The number of benzene rings is 2. The molecule has 0 radical (unpaired) electrons. The first kappa shape index (κ1) is 24.1. The smallest absolute Gasteiger partial charge is 0.246 e. The van der Waals surface area contributed by atoms with E-state index in [-0.39, 0.29) is 11.8 Å². The topological polar surface area (TPSA) is 71.1 Å². The van der Waals surface area contributed by atoms with Crippen LogP contribution in [-0.2, 0) is 9.59 Å². The predicted octanol–water partition coefficient (Wildman–Crippen LogP) is 2.69. The van der Waals surface area contributed by atoms with Crippen LogP contribution in [0.2, 0.25) is 0 Å². The molecule has 7 heteroatoms. The van der Waals surface area contributed by atoms with Crippen molar-refractivity contribution >= 4 is 24.0 Å². The molecule has 0 atom stereocenters. The molecule has 1 aliphatic heterocycles. The molecule has 1 aliphatic rings. The van der Waals surface area contributed by atoms with Crippen LogP contribution in [0.4, 0.5) is 0 Å². The van der Waals surface area contributed by atoms with E-state index in [2.05, 4.69) is 10.2 Å². The molecular weight excluding hydrogens is 418 g/mol. The first-order chi connectivity index (χ1) is 16.1. The normalized spacial score (nSPS) is 14.5. The zero-order chi connectivity index (χ0) is 23.5. The summed E-state index contributed by atoms with van der Waals surface area (Å²) in [5, 5.41) is 2.91. The molecule has 7 nitrogen and oxygen atoms in total. The zero-order valence-electron chi connectivity index (χ0n) is 19.2. The van der Waals surface area contributed by atoms with Crippen molar-refractivity contribution in [1.82, 2.24) is 15.1 Å². The molecule has 2 aromatic carbocycles. The molecule has 2 amide bonds. The maximum atomic E-state index is 12.5. The molecule has 174 valence electrons. The number of piperazine rings is 1. The van der Waals surface area contributed by atoms with Gasteiger partial charge in [-0.05, 0) is 47.5 Å². The van der Waals surface area contributed by atoms with Crippen molar-refractivity contribution in [2.24, 2.45) is 0 Å². The largest absolute Gasteiger partial charge is 0.497 e. The fourth-order valence-corrected chi connectivity index (χ4v) is 3.46. The van der Waals surface area contributed by atoms with E-state index in [9.17, 15) is 9.59 Å². The highest BCUT2D eigenvalue weighted by Gasteiger charge is 2.19. The standard InChI is InChI=1S/C26H31N3O4/c1-32-23-9-3-21(4-10-23)7-13-25(30)27-15-16-28-17-19-29(20-18-28)26(31)14-8-22-5-11-24(33-2)12-6-22/h3-14H,15-20H2,1-2H3,(H,27,30). The number of hydrogen-bond acceptors (Lipinski definition) is 5. The van der Waals surface area contributed by atoms with Crippen LogP contribution in [0.5, 0.6) is 11.5 Å². The van der Waals surface area contributed by atoms with Gasteiger partial charge in [-0.3, -0.25) is 14.5 Å². The first-order valence-corrected chi connectivity index (χ1v) is 11.0. The van der Waals surface area contributed by atoms with Gasteiger partial charge in [0.2, 0.25) is 11.8 Å². The van der Waals surface area contributed by atoms with Crippen molar-refractivity contribution in [3.8, 4) is 11.5 Å².